The summed E-state index contributed by atoms with van der Waals surface area (Å²) in [6.07, 6.45) is 4.36. The summed E-state index contributed by atoms with van der Waals surface area (Å²) in [5, 5.41) is 13.0. The highest BCUT2D eigenvalue weighted by atomic mass is 19.1. The van der Waals surface area contributed by atoms with E-state index in [4.69, 9.17) is 0 Å². The van der Waals surface area contributed by atoms with Crippen LogP contribution in [0.5, 0.6) is 0 Å². The number of hydrogen-bond donors (Lipinski definition) is 2. The average molecular weight is 280 g/mol. The van der Waals surface area contributed by atoms with Gasteiger partial charge in [0.05, 0.1) is 6.61 Å². The Morgan fingerprint density at radius 3 is 2.95 bits per heavy atom. The summed E-state index contributed by atoms with van der Waals surface area (Å²) in [4.78, 5) is 2.08. The van der Waals surface area contributed by atoms with Crippen molar-refractivity contribution in [1.82, 2.24) is 5.32 Å². The molecule has 1 aliphatic rings. The maximum atomic E-state index is 13.2. The molecule has 1 aliphatic carbocycles. The van der Waals surface area contributed by atoms with Crippen LogP contribution in [0, 0.1) is 11.7 Å². The molecule has 0 spiro atoms. The van der Waals surface area contributed by atoms with Crippen molar-refractivity contribution >= 4 is 5.69 Å². The zero-order valence-corrected chi connectivity index (χ0v) is 12.4. The molecule has 0 saturated heterocycles. The van der Waals surface area contributed by atoms with Crippen LogP contribution in [0.2, 0.25) is 0 Å². The first-order valence-electron chi connectivity index (χ1n) is 7.38. The van der Waals surface area contributed by atoms with Crippen LogP contribution in [0.3, 0.4) is 0 Å². The van der Waals surface area contributed by atoms with Gasteiger partial charge in [0, 0.05) is 24.8 Å². The highest BCUT2D eigenvalue weighted by Gasteiger charge is 2.40. The second-order valence-corrected chi connectivity index (χ2v) is 5.84. The molecule has 1 fully saturated rings. The van der Waals surface area contributed by atoms with E-state index in [1.807, 2.05) is 20.2 Å². The molecule has 3 nitrogen and oxygen atoms in total. The van der Waals surface area contributed by atoms with E-state index < -0.39 is 0 Å². The lowest BCUT2D eigenvalue weighted by Crippen LogP contribution is -2.50. The van der Waals surface area contributed by atoms with Crippen LogP contribution in [0.4, 0.5) is 10.1 Å². The highest BCUT2D eigenvalue weighted by Crippen LogP contribution is 2.37. The minimum atomic E-state index is -0.199. The van der Waals surface area contributed by atoms with Gasteiger partial charge in [-0.15, -0.1) is 0 Å². The summed E-state index contributed by atoms with van der Waals surface area (Å²) in [5.41, 5.74) is 0.782. The minimum Gasteiger partial charge on any atom is -0.394 e. The number of hydrogen-bond acceptors (Lipinski definition) is 3. The quantitative estimate of drug-likeness (QED) is 0.840. The normalized spacial score (nSPS) is 25.9. The lowest BCUT2D eigenvalue weighted by atomic mass is 9.85. The first kappa shape index (κ1) is 15.3. The average Bonchev–Trinajstić information content (AvgIpc) is 2.88. The van der Waals surface area contributed by atoms with Gasteiger partial charge in [0.1, 0.15) is 5.82 Å². The van der Waals surface area contributed by atoms with Crippen molar-refractivity contribution in [3.8, 4) is 0 Å². The Morgan fingerprint density at radius 1 is 1.50 bits per heavy atom. The van der Waals surface area contributed by atoms with Crippen molar-refractivity contribution in [2.45, 2.75) is 31.2 Å². The molecule has 112 valence electrons. The number of anilines is 1. The summed E-state index contributed by atoms with van der Waals surface area (Å²) in [6.45, 7) is 1.06. The van der Waals surface area contributed by atoms with Crippen LogP contribution >= 0.6 is 0 Å². The number of aliphatic hydroxyl groups is 1. The van der Waals surface area contributed by atoms with Crippen molar-refractivity contribution in [1.29, 1.82) is 0 Å². The summed E-state index contributed by atoms with van der Waals surface area (Å²) in [5.74, 6) is 0.281. The van der Waals surface area contributed by atoms with Crippen molar-refractivity contribution in [2.24, 2.45) is 5.92 Å². The van der Waals surface area contributed by atoms with Crippen LogP contribution in [0.25, 0.3) is 0 Å². The SMILES string of the molecule is CNC1(CO)CCCC1CCN(C)c1cccc(F)c1. The van der Waals surface area contributed by atoms with E-state index in [1.54, 1.807) is 12.1 Å². The van der Waals surface area contributed by atoms with E-state index >= 15 is 0 Å². The van der Waals surface area contributed by atoms with Gasteiger partial charge in [0.2, 0.25) is 0 Å². The van der Waals surface area contributed by atoms with Gasteiger partial charge in [-0.2, -0.15) is 0 Å². The number of aliphatic hydroxyl groups excluding tert-OH is 1. The van der Waals surface area contributed by atoms with Crippen molar-refractivity contribution < 1.29 is 9.50 Å². The molecule has 0 heterocycles. The topological polar surface area (TPSA) is 35.5 Å². The van der Waals surface area contributed by atoms with Crippen molar-refractivity contribution in [2.75, 3.05) is 32.1 Å². The molecule has 4 heteroatoms. The highest BCUT2D eigenvalue weighted by molar-refractivity contribution is 5.45. The Labute approximate surface area is 120 Å². The third-order valence-electron chi connectivity index (χ3n) is 4.80. The molecule has 0 bridgehead atoms. The van der Waals surface area contributed by atoms with Gasteiger partial charge in [-0.1, -0.05) is 12.5 Å². The molecule has 2 rings (SSSR count). The van der Waals surface area contributed by atoms with Gasteiger partial charge in [0.15, 0.2) is 0 Å². The molecule has 0 aliphatic heterocycles. The molecule has 1 aromatic rings. The number of rotatable bonds is 6. The second kappa shape index (κ2) is 6.55. The molecule has 1 aromatic carbocycles. The summed E-state index contributed by atoms with van der Waals surface area (Å²) in [6, 6.07) is 6.69. The summed E-state index contributed by atoms with van der Waals surface area (Å²) < 4.78 is 13.2. The molecule has 20 heavy (non-hydrogen) atoms. The van der Waals surface area contributed by atoms with E-state index in [9.17, 15) is 9.50 Å². The Balaban J connectivity index is 1.94. The molecular formula is C16H25FN2O. The standard InChI is InChI=1S/C16H25FN2O/c1-18-16(12-20)9-4-5-13(16)8-10-19(2)15-7-3-6-14(17)11-15/h3,6-7,11,13,18,20H,4-5,8-10,12H2,1-2H3. The van der Waals surface area contributed by atoms with Crippen molar-refractivity contribution in [3.63, 3.8) is 0 Å². The zero-order valence-electron chi connectivity index (χ0n) is 12.4. The van der Waals surface area contributed by atoms with Gasteiger partial charge < -0.3 is 15.3 Å². The molecule has 2 N–H and O–H groups in total. The number of nitrogens with one attached hydrogen (secondary N) is 1. The minimum absolute atomic E-state index is 0.122. The molecule has 2 atom stereocenters. The van der Waals surface area contributed by atoms with Gasteiger partial charge in [-0.05, 0) is 50.4 Å². The fourth-order valence-corrected chi connectivity index (χ4v) is 3.37. The van der Waals surface area contributed by atoms with Crippen LogP contribution < -0.4 is 10.2 Å². The lowest BCUT2D eigenvalue weighted by molar-refractivity contribution is 0.128. The zero-order chi connectivity index (χ0) is 14.6. The fourth-order valence-electron chi connectivity index (χ4n) is 3.37. The van der Waals surface area contributed by atoms with Gasteiger partial charge in [0.25, 0.3) is 0 Å². The van der Waals surface area contributed by atoms with Crippen molar-refractivity contribution in [3.05, 3.63) is 30.1 Å². The van der Waals surface area contributed by atoms with E-state index in [-0.39, 0.29) is 18.0 Å². The largest absolute Gasteiger partial charge is 0.394 e. The predicted molar refractivity (Wildman–Crippen MR) is 80.5 cm³/mol. The van der Waals surface area contributed by atoms with E-state index in [2.05, 4.69) is 10.2 Å². The lowest BCUT2D eigenvalue weighted by Gasteiger charge is -2.34. The fraction of sp³-hybridized carbons (Fsp3) is 0.625. The Kier molecular flexibility index (Phi) is 5.00. The number of halogens is 1. The second-order valence-electron chi connectivity index (χ2n) is 5.84. The van der Waals surface area contributed by atoms with E-state index in [0.717, 1.165) is 37.9 Å². The van der Waals surface area contributed by atoms with Crippen LogP contribution in [0.1, 0.15) is 25.7 Å². The van der Waals surface area contributed by atoms with Gasteiger partial charge in [-0.25, -0.2) is 4.39 Å². The smallest absolute Gasteiger partial charge is 0.125 e. The number of nitrogens with zero attached hydrogens (tertiary/aromatic N) is 1. The van der Waals surface area contributed by atoms with Crippen LogP contribution in [-0.4, -0.2) is 37.9 Å². The number of likely N-dealkylation sites (N-methyl/N-ethyl adjacent to an activating group) is 1. The first-order chi connectivity index (χ1) is 9.61. The van der Waals surface area contributed by atoms with Crippen LogP contribution in [0.15, 0.2) is 24.3 Å². The Bertz CT molecular complexity index is 434. The Hall–Kier alpha value is -1.13. The van der Waals surface area contributed by atoms with Crippen LogP contribution in [-0.2, 0) is 0 Å². The summed E-state index contributed by atoms with van der Waals surface area (Å²) in [7, 11) is 3.93. The molecule has 1 saturated carbocycles. The first-order valence-corrected chi connectivity index (χ1v) is 7.38. The maximum Gasteiger partial charge on any atom is 0.125 e. The predicted octanol–water partition coefficient (Wildman–Crippen LogP) is 2.40. The Morgan fingerprint density at radius 2 is 2.30 bits per heavy atom. The monoisotopic (exact) mass is 280 g/mol. The van der Waals surface area contributed by atoms with Gasteiger partial charge >= 0.3 is 0 Å². The molecule has 0 aromatic heterocycles. The number of benzene rings is 1. The third-order valence-corrected chi connectivity index (χ3v) is 4.80. The molecule has 0 radical (unpaired) electrons. The van der Waals surface area contributed by atoms with Gasteiger partial charge in [-0.3, -0.25) is 0 Å². The molecular weight excluding hydrogens is 255 g/mol. The third kappa shape index (κ3) is 3.13. The van der Waals surface area contributed by atoms with E-state index in [1.165, 1.54) is 6.07 Å². The molecule has 0 amide bonds. The maximum absolute atomic E-state index is 13.2. The molecule has 2 unspecified atom stereocenters. The van der Waals surface area contributed by atoms with E-state index in [0.29, 0.717) is 5.92 Å². The summed E-state index contributed by atoms with van der Waals surface area (Å²) >= 11 is 0.